The van der Waals surface area contributed by atoms with E-state index in [4.69, 9.17) is 0 Å². The normalized spacial score (nSPS) is 10.9. The summed E-state index contributed by atoms with van der Waals surface area (Å²) in [5.74, 6) is 0.736. The van der Waals surface area contributed by atoms with Gasteiger partial charge >= 0.3 is 0 Å². The Morgan fingerprint density at radius 2 is 1.89 bits per heavy atom. The van der Waals surface area contributed by atoms with Crippen LogP contribution in [0.1, 0.15) is 34.5 Å². The minimum absolute atomic E-state index is 0. The minimum Gasteiger partial charge on any atom is -0.357 e. The lowest BCUT2D eigenvalue weighted by atomic mass is 10.2. The van der Waals surface area contributed by atoms with Crippen molar-refractivity contribution in [1.82, 2.24) is 20.9 Å². The molecule has 0 radical (unpaired) electrons. The molecule has 0 saturated carbocycles. The standard InChI is InChI=1S/C19H27N5OS.HI/c1-4-20-19(23-13-17-14(2)24-15(3)26-17)21-11-10-18(25)22-12-16-8-6-5-7-9-16;/h5-9H,4,10-13H2,1-3H3,(H,22,25)(H2,20,21,23);1H. The second kappa shape index (κ2) is 12.7. The van der Waals surface area contributed by atoms with Crippen molar-refractivity contribution in [2.45, 2.75) is 40.3 Å². The summed E-state index contributed by atoms with van der Waals surface area (Å²) >= 11 is 1.67. The van der Waals surface area contributed by atoms with Crippen LogP contribution in [0.3, 0.4) is 0 Å². The summed E-state index contributed by atoms with van der Waals surface area (Å²) in [4.78, 5) is 22.1. The van der Waals surface area contributed by atoms with Crippen LogP contribution in [-0.2, 0) is 17.9 Å². The van der Waals surface area contributed by atoms with E-state index in [0.29, 0.717) is 32.0 Å². The molecular weight excluding hydrogens is 473 g/mol. The first kappa shape index (κ1) is 23.4. The van der Waals surface area contributed by atoms with Crippen molar-refractivity contribution in [2.75, 3.05) is 13.1 Å². The lowest BCUT2D eigenvalue weighted by Crippen LogP contribution is -2.39. The zero-order valence-electron chi connectivity index (χ0n) is 16.0. The number of aryl methyl sites for hydroxylation is 2. The zero-order chi connectivity index (χ0) is 18.8. The monoisotopic (exact) mass is 501 g/mol. The quantitative estimate of drug-likeness (QED) is 0.295. The van der Waals surface area contributed by atoms with Crippen LogP contribution in [0.4, 0.5) is 0 Å². The number of hydrogen-bond donors (Lipinski definition) is 3. The third-order valence-corrected chi connectivity index (χ3v) is 4.76. The van der Waals surface area contributed by atoms with Crippen LogP contribution in [0.5, 0.6) is 0 Å². The van der Waals surface area contributed by atoms with Gasteiger partial charge in [0.25, 0.3) is 0 Å². The molecule has 1 aromatic carbocycles. The van der Waals surface area contributed by atoms with E-state index in [9.17, 15) is 4.79 Å². The average Bonchev–Trinajstić information content (AvgIpc) is 2.96. The third kappa shape index (κ3) is 8.70. The van der Waals surface area contributed by atoms with Gasteiger partial charge in [0.05, 0.1) is 17.2 Å². The van der Waals surface area contributed by atoms with Gasteiger partial charge in [-0.05, 0) is 26.3 Å². The highest BCUT2D eigenvalue weighted by Gasteiger charge is 2.06. The Bertz CT molecular complexity index is 733. The SMILES string of the molecule is CCNC(=NCc1sc(C)nc1C)NCCC(=O)NCc1ccccc1.I. The highest BCUT2D eigenvalue weighted by Crippen LogP contribution is 2.17. The Kier molecular flexibility index (Phi) is 11.0. The molecule has 0 aliphatic carbocycles. The first-order valence-corrected chi connectivity index (χ1v) is 9.66. The number of carbonyl (C=O) groups is 1. The molecular formula is C19H28IN5OS. The lowest BCUT2D eigenvalue weighted by Gasteiger charge is -2.11. The molecule has 27 heavy (non-hydrogen) atoms. The summed E-state index contributed by atoms with van der Waals surface area (Å²) in [6.07, 6.45) is 0.399. The summed E-state index contributed by atoms with van der Waals surface area (Å²) in [5.41, 5.74) is 2.13. The molecule has 0 spiro atoms. The van der Waals surface area contributed by atoms with Gasteiger partial charge < -0.3 is 16.0 Å². The topological polar surface area (TPSA) is 78.4 Å². The number of aliphatic imine (C=N–C) groups is 1. The molecule has 1 amide bonds. The van der Waals surface area contributed by atoms with E-state index in [1.54, 1.807) is 11.3 Å². The van der Waals surface area contributed by atoms with Gasteiger partial charge in [-0.25, -0.2) is 9.98 Å². The number of benzene rings is 1. The van der Waals surface area contributed by atoms with Crippen molar-refractivity contribution in [1.29, 1.82) is 0 Å². The number of nitrogens with one attached hydrogen (secondary N) is 3. The molecule has 1 aromatic heterocycles. The second-order valence-corrected chi connectivity index (χ2v) is 7.16. The molecule has 3 N–H and O–H groups in total. The molecule has 0 bridgehead atoms. The fraction of sp³-hybridized carbons (Fsp3) is 0.421. The maximum absolute atomic E-state index is 12.0. The minimum atomic E-state index is 0. The van der Waals surface area contributed by atoms with Gasteiger partial charge in [-0.1, -0.05) is 30.3 Å². The van der Waals surface area contributed by atoms with Gasteiger partial charge in [0.1, 0.15) is 0 Å². The largest absolute Gasteiger partial charge is 0.357 e. The van der Waals surface area contributed by atoms with Crippen LogP contribution in [0.2, 0.25) is 0 Å². The highest BCUT2D eigenvalue weighted by molar-refractivity contribution is 14.0. The van der Waals surface area contributed by atoms with Crippen LogP contribution < -0.4 is 16.0 Å². The predicted molar refractivity (Wildman–Crippen MR) is 123 cm³/mol. The summed E-state index contributed by atoms with van der Waals surface area (Å²) in [5, 5.41) is 10.4. The maximum atomic E-state index is 12.0. The van der Waals surface area contributed by atoms with Crippen LogP contribution in [-0.4, -0.2) is 29.9 Å². The Labute approximate surface area is 182 Å². The number of carbonyl (C=O) groups excluding carboxylic acids is 1. The number of nitrogens with zero attached hydrogens (tertiary/aromatic N) is 2. The number of rotatable bonds is 8. The van der Waals surface area contributed by atoms with E-state index in [0.717, 1.165) is 22.8 Å². The van der Waals surface area contributed by atoms with Gasteiger partial charge in [0.15, 0.2) is 5.96 Å². The van der Waals surface area contributed by atoms with Gasteiger partial charge in [0.2, 0.25) is 5.91 Å². The number of halogens is 1. The fourth-order valence-corrected chi connectivity index (χ4v) is 3.25. The Balaban J connectivity index is 0.00000364. The van der Waals surface area contributed by atoms with Crippen LogP contribution >= 0.6 is 35.3 Å². The van der Waals surface area contributed by atoms with Crippen molar-refractivity contribution in [3.8, 4) is 0 Å². The Morgan fingerprint density at radius 3 is 2.52 bits per heavy atom. The van der Waals surface area contributed by atoms with Crippen molar-refractivity contribution in [3.05, 3.63) is 51.5 Å². The molecule has 6 nitrogen and oxygen atoms in total. The maximum Gasteiger partial charge on any atom is 0.222 e. The second-order valence-electron chi connectivity index (χ2n) is 5.88. The molecule has 0 aliphatic heterocycles. The summed E-state index contributed by atoms with van der Waals surface area (Å²) < 4.78 is 0. The van der Waals surface area contributed by atoms with Crippen molar-refractivity contribution in [3.63, 3.8) is 0 Å². The molecule has 0 unspecified atom stereocenters. The molecule has 1 heterocycles. The molecule has 8 heteroatoms. The summed E-state index contributed by atoms with van der Waals surface area (Å²) in [6.45, 7) is 8.48. The molecule has 0 saturated heterocycles. The number of thiazole rings is 1. The molecule has 0 fully saturated rings. The van der Waals surface area contributed by atoms with Crippen molar-refractivity contribution in [2.24, 2.45) is 4.99 Å². The van der Waals surface area contributed by atoms with E-state index < -0.39 is 0 Å². The van der Waals surface area contributed by atoms with Crippen LogP contribution in [0.25, 0.3) is 0 Å². The number of amides is 1. The predicted octanol–water partition coefficient (Wildman–Crippen LogP) is 3.14. The van der Waals surface area contributed by atoms with Gasteiger partial charge in [-0.15, -0.1) is 35.3 Å². The Hall–Kier alpha value is -1.68. The first-order valence-electron chi connectivity index (χ1n) is 8.84. The van der Waals surface area contributed by atoms with E-state index in [1.807, 2.05) is 51.1 Å². The summed E-state index contributed by atoms with van der Waals surface area (Å²) in [7, 11) is 0. The molecule has 0 atom stereocenters. The fourth-order valence-electron chi connectivity index (χ4n) is 2.39. The average molecular weight is 501 g/mol. The van der Waals surface area contributed by atoms with Gasteiger partial charge in [0, 0.05) is 30.9 Å². The number of hydrogen-bond acceptors (Lipinski definition) is 4. The molecule has 0 aliphatic rings. The number of aromatic nitrogens is 1. The van der Waals surface area contributed by atoms with Gasteiger partial charge in [-0.3, -0.25) is 4.79 Å². The van der Waals surface area contributed by atoms with E-state index in [1.165, 1.54) is 4.88 Å². The Morgan fingerprint density at radius 1 is 1.15 bits per heavy atom. The van der Waals surface area contributed by atoms with Crippen LogP contribution in [0.15, 0.2) is 35.3 Å². The van der Waals surface area contributed by atoms with Crippen molar-refractivity contribution < 1.29 is 4.79 Å². The number of guanidine groups is 1. The molecule has 148 valence electrons. The van der Waals surface area contributed by atoms with E-state index in [2.05, 4.69) is 25.9 Å². The molecule has 2 aromatic rings. The lowest BCUT2D eigenvalue weighted by molar-refractivity contribution is -0.121. The van der Waals surface area contributed by atoms with E-state index >= 15 is 0 Å². The highest BCUT2D eigenvalue weighted by atomic mass is 127. The van der Waals surface area contributed by atoms with Crippen molar-refractivity contribution >= 4 is 47.2 Å². The summed E-state index contributed by atoms with van der Waals surface area (Å²) in [6, 6.07) is 9.89. The molecule has 2 rings (SSSR count). The zero-order valence-corrected chi connectivity index (χ0v) is 19.2. The van der Waals surface area contributed by atoms with Gasteiger partial charge in [-0.2, -0.15) is 0 Å². The first-order chi connectivity index (χ1) is 12.6. The third-order valence-electron chi connectivity index (χ3n) is 3.70. The van der Waals surface area contributed by atoms with E-state index in [-0.39, 0.29) is 29.9 Å². The smallest absolute Gasteiger partial charge is 0.222 e. The van der Waals surface area contributed by atoms with Crippen LogP contribution in [0, 0.1) is 13.8 Å².